The number of nitrogens with one attached hydrogen (secondary N) is 2. The lowest BCUT2D eigenvalue weighted by Gasteiger charge is -2.32. The summed E-state index contributed by atoms with van der Waals surface area (Å²) in [4.78, 5) is 37.2. The normalized spacial score (nSPS) is 20.0. The van der Waals surface area contributed by atoms with Gasteiger partial charge in [0, 0.05) is 12.0 Å². The fourth-order valence-electron chi connectivity index (χ4n) is 5.39. The first-order chi connectivity index (χ1) is 16.6. The van der Waals surface area contributed by atoms with Gasteiger partial charge in [0.2, 0.25) is 5.91 Å². The standard InChI is InChI=1S/C28H34N2O5/c1-28(2,3)25(26(33)29-23-14-8-9-17(23)15-24(31)32)30-27(34)35-16-22-20-12-6-4-10-18(20)19-11-5-7-13-21(19)22/h4-7,10-13,17,22-23,25H,8-9,14-16H2,1-3H3,(H,29,33)(H,30,34)(H,31,32)/t17-,23+,25+/m0/s1. The van der Waals surface area contributed by atoms with Gasteiger partial charge in [-0.05, 0) is 46.4 Å². The quantitative estimate of drug-likeness (QED) is 0.535. The van der Waals surface area contributed by atoms with E-state index < -0.39 is 23.5 Å². The van der Waals surface area contributed by atoms with Gasteiger partial charge in [-0.2, -0.15) is 0 Å². The Hall–Kier alpha value is -3.35. The van der Waals surface area contributed by atoms with E-state index in [0.717, 1.165) is 41.5 Å². The van der Waals surface area contributed by atoms with Crippen molar-refractivity contribution < 1.29 is 24.2 Å². The van der Waals surface area contributed by atoms with Crippen molar-refractivity contribution in [2.24, 2.45) is 11.3 Å². The number of alkyl carbamates (subject to hydrolysis) is 1. The zero-order valence-corrected chi connectivity index (χ0v) is 20.5. The van der Waals surface area contributed by atoms with Crippen LogP contribution in [0.15, 0.2) is 48.5 Å². The molecule has 35 heavy (non-hydrogen) atoms. The third-order valence-corrected chi connectivity index (χ3v) is 7.16. The molecular weight excluding hydrogens is 444 g/mol. The fourth-order valence-corrected chi connectivity index (χ4v) is 5.39. The number of aliphatic carboxylic acids is 1. The Bertz CT molecular complexity index is 1060. The highest BCUT2D eigenvalue weighted by atomic mass is 16.5. The van der Waals surface area contributed by atoms with E-state index in [1.165, 1.54) is 0 Å². The van der Waals surface area contributed by atoms with Crippen LogP contribution in [0.5, 0.6) is 0 Å². The van der Waals surface area contributed by atoms with Gasteiger partial charge in [-0.3, -0.25) is 9.59 Å². The van der Waals surface area contributed by atoms with Gasteiger partial charge in [0.25, 0.3) is 0 Å². The van der Waals surface area contributed by atoms with Crippen LogP contribution in [-0.4, -0.2) is 41.8 Å². The first-order valence-corrected chi connectivity index (χ1v) is 12.3. The van der Waals surface area contributed by atoms with E-state index in [1.54, 1.807) is 0 Å². The molecule has 2 aliphatic rings. The van der Waals surface area contributed by atoms with E-state index in [-0.39, 0.29) is 36.8 Å². The predicted molar refractivity (Wildman–Crippen MR) is 133 cm³/mol. The van der Waals surface area contributed by atoms with E-state index in [4.69, 9.17) is 9.84 Å². The summed E-state index contributed by atoms with van der Waals surface area (Å²) in [5.41, 5.74) is 3.99. The second-order valence-electron chi connectivity index (χ2n) is 10.7. The van der Waals surface area contributed by atoms with Crippen molar-refractivity contribution in [2.75, 3.05) is 6.61 Å². The van der Waals surface area contributed by atoms with E-state index in [1.807, 2.05) is 45.0 Å². The number of hydrogen-bond acceptors (Lipinski definition) is 4. The van der Waals surface area contributed by atoms with Gasteiger partial charge in [-0.25, -0.2) is 4.79 Å². The molecule has 0 unspecified atom stereocenters. The maximum atomic E-state index is 13.2. The summed E-state index contributed by atoms with van der Waals surface area (Å²) >= 11 is 0. The number of ether oxygens (including phenoxy) is 1. The minimum atomic E-state index is -0.861. The molecule has 4 rings (SSSR count). The summed E-state index contributed by atoms with van der Waals surface area (Å²) in [6.45, 7) is 5.81. The van der Waals surface area contributed by atoms with Crippen molar-refractivity contribution in [3.8, 4) is 11.1 Å². The number of benzene rings is 2. The van der Waals surface area contributed by atoms with Gasteiger partial charge in [-0.1, -0.05) is 75.7 Å². The van der Waals surface area contributed by atoms with Gasteiger partial charge in [0.1, 0.15) is 12.6 Å². The maximum Gasteiger partial charge on any atom is 0.407 e. The molecule has 7 heteroatoms. The Balaban J connectivity index is 1.41. The lowest BCUT2D eigenvalue weighted by atomic mass is 9.85. The highest BCUT2D eigenvalue weighted by Gasteiger charge is 2.37. The van der Waals surface area contributed by atoms with E-state index >= 15 is 0 Å². The molecule has 0 radical (unpaired) electrons. The minimum absolute atomic E-state index is 0.0327. The second kappa shape index (κ2) is 10.1. The molecule has 1 fully saturated rings. The first-order valence-electron chi connectivity index (χ1n) is 12.3. The highest BCUT2D eigenvalue weighted by molar-refractivity contribution is 5.87. The van der Waals surface area contributed by atoms with Gasteiger partial charge < -0.3 is 20.5 Å². The topological polar surface area (TPSA) is 105 Å². The zero-order valence-electron chi connectivity index (χ0n) is 20.5. The lowest BCUT2D eigenvalue weighted by molar-refractivity contribution is -0.138. The van der Waals surface area contributed by atoms with Crippen LogP contribution in [-0.2, 0) is 14.3 Å². The first kappa shape index (κ1) is 24.8. The minimum Gasteiger partial charge on any atom is -0.481 e. The van der Waals surface area contributed by atoms with Crippen LogP contribution in [0.1, 0.15) is 63.5 Å². The van der Waals surface area contributed by atoms with Crippen LogP contribution < -0.4 is 10.6 Å². The van der Waals surface area contributed by atoms with E-state index in [0.29, 0.717) is 0 Å². The lowest BCUT2D eigenvalue weighted by Crippen LogP contribution is -2.56. The Kier molecular flexibility index (Phi) is 7.15. The molecule has 0 aromatic heterocycles. The molecule has 186 valence electrons. The molecule has 2 aromatic rings. The fraction of sp³-hybridized carbons (Fsp3) is 0.464. The van der Waals surface area contributed by atoms with Crippen LogP contribution in [0.2, 0.25) is 0 Å². The van der Waals surface area contributed by atoms with Crippen LogP contribution in [0.25, 0.3) is 11.1 Å². The Morgan fingerprint density at radius 1 is 1.00 bits per heavy atom. The molecule has 0 spiro atoms. The average molecular weight is 479 g/mol. The largest absolute Gasteiger partial charge is 0.481 e. The Morgan fingerprint density at radius 3 is 2.17 bits per heavy atom. The van der Waals surface area contributed by atoms with Crippen molar-refractivity contribution in [2.45, 2.75) is 64.5 Å². The van der Waals surface area contributed by atoms with Gasteiger partial charge in [-0.15, -0.1) is 0 Å². The monoisotopic (exact) mass is 478 g/mol. The third kappa shape index (κ3) is 5.50. The summed E-state index contributed by atoms with van der Waals surface area (Å²) < 4.78 is 5.65. The molecule has 0 bridgehead atoms. The molecule has 2 aliphatic carbocycles. The molecule has 0 heterocycles. The molecule has 0 aliphatic heterocycles. The summed E-state index contributed by atoms with van der Waals surface area (Å²) in [5.74, 6) is -1.33. The van der Waals surface area contributed by atoms with Crippen LogP contribution in [0, 0.1) is 11.3 Å². The van der Waals surface area contributed by atoms with Gasteiger partial charge >= 0.3 is 12.1 Å². The number of carbonyl (C=O) groups excluding carboxylic acids is 2. The number of carboxylic acid groups (broad SMARTS) is 1. The molecule has 2 amide bonds. The van der Waals surface area contributed by atoms with Gasteiger partial charge in [0.15, 0.2) is 0 Å². The average Bonchev–Trinajstić information content (AvgIpc) is 3.36. The SMILES string of the molecule is CC(C)(C)[C@H](NC(=O)OCC1c2ccccc2-c2ccccc21)C(=O)N[C@@H]1CCC[C@H]1CC(=O)O. The molecule has 3 N–H and O–H groups in total. The Labute approximate surface area is 206 Å². The molecule has 3 atom stereocenters. The molecule has 2 aromatic carbocycles. The maximum absolute atomic E-state index is 13.2. The number of hydrogen-bond donors (Lipinski definition) is 3. The van der Waals surface area contributed by atoms with Crippen molar-refractivity contribution in [3.05, 3.63) is 59.7 Å². The summed E-state index contributed by atoms with van der Waals surface area (Å²) in [6.07, 6.45) is 1.78. The Morgan fingerprint density at radius 2 is 1.60 bits per heavy atom. The number of carboxylic acids is 1. The second-order valence-corrected chi connectivity index (χ2v) is 10.7. The summed E-state index contributed by atoms with van der Waals surface area (Å²) in [6, 6.07) is 15.2. The molecule has 7 nitrogen and oxygen atoms in total. The van der Waals surface area contributed by atoms with Crippen molar-refractivity contribution in [1.82, 2.24) is 10.6 Å². The third-order valence-electron chi connectivity index (χ3n) is 7.16. The van der Waals surface area contributed by atoms with E-state index in [9.17, 15) is 14.4 Å². The summed E-state index contributed by atoms with van der Waals surface area (Å²) in [5, 5.41) is 14.9. The molecular formula is C28H34N2O5. The van der Waals surface area contributed by atoms with E-state index in [2.05, 4.69) is 34.9 Å². The van der Waals surface area contributed by atoms with Gasteiger partial charge in [0.05, 0.1) is 6.42 Å². The van der Waals surface area contributed by atoms with Crippen molar-refractivity contribution in [3.63, 3.8) is 0 Å². The van der Waals surface area contributed by atoms with Crippen molar-refractivity contribution in [1.29, 1.82) is 0 Å². The van der Waals surface area contributed by atoms with Crippen LogP contribution >= 0.6 is 0 Å². The number of carbonyl (C=O) groups is 3. The number of rotatable bonds is 7. The molecule has 0 saturated heterocycles. The summed E-state index contributed by atoms with van der Waals surface area (Å²) in [7, 11) is 0. The predicted octanol–water partition coefficient (Wildman–Crippen LogP) is 4.70. The highest BCUT2D eigenvalue weighted by Crippen LogP contribution is 2.44. The van der Waals surface area contributed by atoms with Crippen molar-refractivity contribution >= 4 is 18.0 Å². The smallest absolute Gasteiger partial charge is 0.407 e. The number of amides is 2. The van der Waals surface area contributed by atoms with Crippen LogP contribution in [0.4, 0.5) is 4.79 Å². The molecule has 1 saturated carbocycles. The zero-order chi connectivity index (χ0) is 25.2. The van der Waals surface area contributed by atoms with Crippen LogP contribution in [0.3, 0.4) is 0 Å². The number of fused-ring (bicyclic) bond motifs is 3.